The standard InChI is InChI=1S/C16H18N2O/c1-2-5-13(6-3-1)11-17-12-14-7-4-8-15-16(14)19-10-9-18-15/h1-8,17-18H,9-12H2. The molecule has 0 saturated heterocycles. The van der Waals surface area contributed by atoms with E-state index in [1.807, 2.05) is 6.07 Å². The number of anilines is 1. The quantitative estimate of drug-likeness (QED) is 0.880. The smallest absolute Gasteiger partial charge is 0.146 e. The van der Waals surface area contributed by atoms with Gasteiger partial charge in [0.1, 0.15) is 12.4 Å². The minimum atomic E-state index is 0.739. The van der Waals surface area contributed by atoms with Gasteiger partial charge in [0.15, 0.2) is 0 Å². The van der Waals surface area contributed by atoms with Crippen LogP contribution in [0.25, 0.3) is 0 Å². The Morgan fingerprint density at radius 3 is 2.79 bits per heavy atom. The maximum atomic E-state index is 5.75. The van der Waals surface area contributed by atoms with Crippen LogP contribution in [0.5, 0.6) is 5.75 Å². The first-order valence-corrected chi connectivity index (χ1v) is 6.67. The molecule has 0 atom stereocenters. The lowest BCUT2D eigenvalue weighted by atomic mass is 10.1. The summed E-state index contributed by atoms with van der Waals surface area (Å²) in [5, 5.41) is 6.82. The van der Waals surface area contributed by atoms with Gasteiger partial charge in [-0.15, -0.1) is 0 Å². The molecule has 3 rings (SSSR count). The van der Waals surface area contributed by atoms with Crippen LogP contribution in [0.1, 0.15) is 11.1 Å². The number of rotatable bonds is 4. The Hall–Kier alpha value is -2.00. The van der Waals surface area contributed by atoms with E-state index in [4.69, 9.17) is 4.74 Å². The average Bonchev–Trinajstić information content (AvgIpc) is 2.49. The van der Waals surface area contributed by atoms with Crippen molar-refractivity contribution in [2.45, 2.75) is 13.1 Å². The summed E-state index contributed by atoms with van der Waals surface area (Å²) in [6.45, 7) is 3.31. The molecule has 1 aliphatic rings. The number of fused-ring (bicyclic) bond motifs is 1. The van der Waals surface area contributed by atoms with Gasteiger partial charge in [-0.3, -0.25) is 0 Å². The summed E-state index contributed by atoms with van der Waals surface area (Å²) in [5.74, 6) is 0.995. The van der Waals surface area contributed by atoms with Gasteiger partial charge in [0.2, 0.25) is 0 Å². The summed E-state index contributed by atoms with van der Waals surface area (Å²) in [6, 6.07) is 16.7. The Morgan fingerprint density at radius 1 is 1.00 bits per heavy atom. The second kappa shape index (κ2) is 5.76. The summed E-state index contributed by atoms with van der Waals surface area (Å²) >= 11 is 0. The highest BCUT2D eigenvalue weighted by molar-refractivity contribution is 5.61. The molecule has 0 amide bonds. The van der Waals surface area contributed by atoms with E-state index in [9.17, 15) is 0 Å². The number of hydrogen-bond donors (Lipinski definition) is 2. The number of ether oxygens (including phenoxy) is 1. The lowest BCUT2D eigenvalue weighted by Gasteiger charge is -2.21. The predicted octanol–water partition coefficient (Wildman–Crippen LogP) is 2.78. The molecule has 0 bridgehead atoms. The molecule has 1 aliphatic heterocycles. The Labute approximate surface area is 113 Å². The van der Waals surface area contributed by atoms with Crippen LogP contribution in [0.3, 0.4) is 0 Å². The third-order valence-electron chi connectivity index (χ3n) is 3.25. The molecule has 3 heteroatoms. The fourth-order valence-corrected chi connectivity index (χ4v) is 2.31. The lowest BCUT2D eigenvalue weighted by molar-refractivity contribution is 0.319. The maximum absolute atomic E-state index is 5.75. The molecule has 2 N–H and O–H groups in total. The molecule has 19 heavy (non-hydrogen) atoms. The van der Waals surface area contributed by atoms with E-state index in [0.29, 0.717) is 0 Å². The van der Waals surface area contributed by atoms with Crippen molar-refractivity contribution in [1.29, 1.82) is 0 Å². The third kappa shape index (κ3) is 2.88. The van der Waals surface area contributed by atoms with Crippen molar-refractivity contribution in [3.63, 3.8) is 0 Å². The van der Waals surface area contributed by atoms with Gasteiger partial charge >= 0.3 is 0 Å². The van der Waals surface area contributed by atoms with Gasteiger partial charge in [-0.05, 0) is 11.6 Å². The van der Waals surface area contributed by atoms with E-state index in [1.165, 1.54) is 11.1 Å². The Balaban J connectivity index is 1.64. The van der Waals surface area contributed by atoms with Crippen molar-refractivity contribution < 1.29 is 4.74 Å². The number of nitrogens with one attached hydrogen (secondary N) is 2. The van der Waals surface area contributed by atoms with E-state index in [1.54, 1.807) is 0 Å². The van der Waals surface area contributed by atoms with Gasteiger partial charge in [0, 0.05) is 25.2 Å². The highest BCUT2D eigenvalue weighted by atomic mass is 16.5. The van der Waals surface area contributed by atoms with Crippen molar-refractivity contribution in [3.8, 4) is 5.75 Å². The van der Waals surface area contributed by atoms with Gasteiger partial charge < -0.3 is 15.4 Å². The van der Waals surface area contributed by atoms with Crippen LogP contribution in [-0.2, 0) is 13.1 Å². The highest BCUT2D eigenvalue weighted by Crippen LogP contribution is 2.30. The van der Waals surface area contributed by atoms with Gasteiger partial charge in [0.25, 0.3) is 0 Å². The summed E-state index contributed by atoms with van der Waals surface area (Å²) in [5.41, 5.74) is 3.61. The molecule has 0 fully saturated rings. The van der Waals surface area contributed by atoms with Gasteiger partial charge in [-0.2, -0.15) is 0 Å². The first-order chi connectivity index (χ1) is 9.43. The highest BCUT2D eigenvalue weighted by Gasteiger charge is 2.12. The zero-order chi connectivity index (χ0) is 12.9. The summed E-state index contributed by atoms with van der Waals surface area (Å²) in [6.07, 6.45) is 0. The van der Waals surface area contributed by atoms with Crippen molar-refractivity contribution in [1.82, 2.24) is 5.32 Å². The van der Waals surface area contributed by atoms with E-state index in [0.717, 1.165) is 37.7 Å². The largest absolute Gasteiger partial charge is 0.489 e. The summed E-state index contributed by atoms with van der Waals surface area (Å²) in [7, 11) is 0. The van der Waals surface area contributed by atoms with Gasteiger partial charge in [0.05, 0.1) is 5.69 Å². The van der Waals surface area contributed by atoms with E-state index in [2.05, 4.69) is 53.1 Å². The van der Waals surface area contributed by atoms with Crippen molar-refractivity contribution in [2.75, 3.05) is 18.5 Å². The minimum absolute atomic E-state index is 0.739. The number of hydrogen-bond acceptors (Lipinski definition) is 3. The monoisotopic (exact) mass is 254 g/mol. The number of para-hydroxylation sites is 1. The molecule has 0 saturated carbocycles. The zero-order valence-corrected chi connectivity index (χ0v) is 10.9. The van der Waals surface area contributed by atoms with E-state index < -0.39 is 0 Å². The molecule has 0 radical (unpaired) electrons. The molecular weight excluding hydrogens is 236 g/mol. The van der Waals surface area contributed by atoms with Crippen LogP contribution in [-0.4, -0.2) is 13.2 Å². The van der Waals surface area contributed by atoms with Crippen molar-refractivity contribution >= 4 is 5.69 Å². The molecule has 1 heterocycles. The molecule has 0 unspecified atom stereocenters. The van der Waals surface area contributed by atoms with Crippen LogP contribution in [0, 0.1) is 0 Å². The zero-order valence-electron chi connectivity index (χ0n) is 10.9. The summed E-state index contributed by atoms with van der Waals surface area (Å²) < 4.78 is 5.75. The third-order valence-corrected chi connectivity index (χ3v) is 3.25. The average molecular weight is 254 g/mol. The fourth-order valence-electron chi connectivity index (χ4n) is 2.31. The van der Waals surface area contributed by atoms with Crippen LogP contribution < -0.4 is 15.4 Å². The SMILES string of the molecule is c1ccc(CNCc2cccc3c2OCCN3)cc1. The second-order valence-electron chi connectivity index (χ2n) is 4.66. The molecular formula is C16H18N2O. The normalized spacial score (nSPS) is 13.3. The van der Waals surface area contributed by atoms with Crippen LogP contribution in [0.4, 0.5) is 5.69 Å². The maximum Gasteiger partial charge on any atom is 0.146 e. The molecule has 2 aromatic carbocycles. The van der Waals surface area contributed by atoms with Crippen molar-refractivity contribution in [2.24, 2.45) is 0 Å². The van der Waals surface area contributed by atoms with Crippen LogP contribution in [0.15, 0.2) is 48.5 Å². The van der Waals surface area contributed by atoms with E-state index >= 15 is 0 Å². The molecule has 2 aromatic rings. The van der Waals surface area contributed by atoms with Crippen molar-refractivity contribution in [3.05, 3.63) is 59.7 Å². The first-order valence-electron chi connectivity index (χ1n) is 6.67. The minimum Gasteiger partial charge on any atom is -0.489 e. The topological polar surface area (TPSA) is 33.3 Å². The Morgan fingerprint density at radius 2 is 1.89 bits per heavy atom. The fraction of sp³-hybridized carbons (Fsp3) is 0.250. The molecule has 3 nitrogen and oxygen atoms in total. The summed E-state index contributed by atoms with van der Waals surface area (Å²) in [4.78, 5) is 0. The van der Waals surface area contributed by atoms with E-state index in [-0.39, 0.29) is 0 Å². The lowest BCUT2D eigenvalue weighted by Crippen LogP contribution is -2.20. The Kier molecular flexibility index (Phi) is 3.65. The van der Waals surface area contributed by atoms with Gasteiger partial charge in [-0.1, -0.05) is 42.5 Å². The Bertz CT molecular complexity index is 540. The van der Waals surface area contributed by atoms with Crippen LogP contribution >= 0.6 is 0 Å². The molecule has 0 aromatic heterocycles. The molecule has 98 valence electrons. The second-order valence-corrected chi connectivity index (χ2v) is 4.66. The molecule has 0 spiro atoms. The van der Waals surface area contributed by atoms with Gasteiger partial charge in [-0.25, -0.2) is 0 Å². The van der Waals surface area contributed by atoms with Crippen LogP contribution in [0.2, 0.25) is 0 Å². The first kappa shape index (κ1) is 12.1. The predicted molar refractivity (Wildman–Crippen MR) is 77.4 cm³/mol. The number of benzene rings is 2. The molecule has 0 aliphatic carbocycles.